The smallest absolute Gasteiger partial charge is 0.154 e. The lowest BCUT2D eigenvalue weighted by atomic mass is 9.97. The minimum absolute atomic E-state index is 0.0661. The highest BCUT2D eigenvalue weighted by Gasteiger charge is 2.17. The first-order chi connectivity index (χ1) is 6.11. The lowest BCUT2D eigenvalue weighted by molar-refractivity contribution is -0.120. The van der Waals surface area contributed by atoms with Crippen LogP contribution in [0.4, 0.5) is 0 Å². The van der Waals surface area contributed by atoms with Crippen LogP contribution in [0.2, 0.25) is 0 Å². The fourth-order valence-electron chi connectivity index (χ4n) is 1.08. The fourth-order valence-corrected chi connectivity index (χ4v) is 1.08. The van der Waals surface area contributed by atoms with Crippen LogP contribution in [0.15, 0.2) is 23.0 Å². The average Bonchev–Trinajstić information content (AvgIpc) is 2.55. The summed E-state index contributed by atoms with van der Waals surface area (Å²) in [4.78, 5) is 11.5. The average molecular weight is 181 g/mol. The van der Waals surface area contributed by atoms with Gasteiger partial charge in [-0.1, -0.05) is 13.8 Å². The van der Waals surface area contributed by atoms with E-state index in [1.807, 2.05) is 13.8 Å². The van der Waals surface area contributed by atoms with Gasteiger partial charge in [-0.2, -0.15) is 0 Å². The van der Waals surface area contributed by atoms with E-state index in [2.05, 4.69) is 0 Å². The van der Waals surface area contributed by atoms with Crippen molar-refractivity contribution in [1.82, 2.24) is 0 Å². The summed E-state index contributed by atoms with van der Waals surface area (Å²) < 4.78 is 4.86. The number of Topliss-reactive ketones (excluding diaryl/α,β-unsaturated/α-hetero) is 1. The quantitative estimate of drug-likeness (QED) is 0.763. The maximum Gasteiger partial charge on any atom is 0.154 e. The second kappa shape index (κ2) is 4.23. The Morgan fingerprint density at radius 3 is 2.77 bits per heavy atom. The Morgan fingerprint density at radius 1 is 1.62 bits per heavy atom. The normalized spacial score (nSPS) is 13.2. The third-order valence-corrected chi connectivity index (χ3v) is 2.05. The molecule has 0 bridgehead atoms. The molecule has 0 aliphatic rings. The maximum atomic E-state index is 11.5. The van der Waals surface area contributed by atoms with Crippen LogP contribution < -0.4 is 5.73 Å². The lowest BCUT2D eigenvalue weighted by Crippen LogP contribution is -2.36. The number of furan rings is 1. The van der Waals surface area contributed by atoms with Crippen molar-refractivity contribution < 1.29 is 9.21 Å². The molecule has 0 radical (unpaired) electrons. The van der Waals surface area contributed by atoms with Crippen molar-refractivity contribution in [3.63, 3.8) is 0 Å². The predicted molar refractivity (Wildman–Crippen MR) is 50.2 cm³/mol. The van der Waals surface area contributed by atoms with Gasteiger partial charge in [0.15, 0.2) is 5.78 Å². The summed E-state index contributed by atoms with van der Waals surface area (Å²) in [5.41, 5.74) is 6.59. The first-order valence-electron chi connectivity index (χ1n) is 4.40. The van der Waals surface area contributed by atoms with Crippen molar-refractivity contribution in [2.45, 2.75) is 26.3 Å². The molecule has 1 aromatic heterocycles. The minimum Gasteiger partial charge on any atom is -0.472 e. The molecule has 0 aliphatic heterocycles. The van der Waals surface area contributed by atoms with Gasteiger partial charge in [-0.15, -0.1) is 0 Å². The number of ketones is 1. The van der Waals surface area contributed by atoms with Crippen LogP contribution in [0.25, 0.3) is 0 Å². The van der Waals surface area contributed by atoms with Gasteiger partial charge in [0, 0.05) is 6.42 Å². The molecule has 0 aliphatic carbocycles. The summed E-state index contributed by atoms with van der Waals surface area (Å²) in [6, 6.07) is 1.42. The molecule has 3 heteroatoms. The summed E-state index contributed by atoms with van der Waals surface area (Å²) in [5.74, 6) is 0.260. The van der Waals surface area contributed by atoms with Crippen LogP contribution in [0, 0.1) is 5.92 Å². The Labute approximate surface area is 77.9 Å². The van der Waals surface area contributed by atoms with Crippen LogP contribution in [0.1, 0.15) is 19.4 Å². The Kier molecular flexibility index (Phi) is 3.25. The monoisotopic (exact) mass is 181 g/mol. The van der Waals surface area contributed by atoms with Gasteiger partial charge in [0.05, 0.1) is 18.6 Å². The van der Waals surface area contributed by atoms with Crippen LogP contribution in [0.3, 0.4) is 0 Å². The Bertz CT molecular complexity index is 264. The van der Waals surface area contributed by atoms with Gasteiger partial charge in [-0.05, 0) is 17.5 Å². The second-order valence-electron chi connectivity index (χ2n) is 3.54. The van der Waals surface area contributed by atoms with E-state index in [4.69, 9.17) is 10.2 Å². The van der Waals surface area contributed by atoms with E-state index in [-0.39, 0.29) is 17.7 Å². The minimum atomic E-state index is -0.366. The number of hydrogen-bond donors (Lipinski definition) is 1. The number of rotatable bonds is 4. The molecule has 0 saturated heterocycles. The highest BCUT2D eigenvalue weighted by atomic mass is 16.3. The summed E-state index contributed by atoms with van der Waals surface area (Å²) in [7, 11) is 0. The molecule has 0 amide bonds. The van der Waals surface area contributed by atoms with Crippen LogP contribution in [-0.4, -0.2) is 11.8 Å². The molecule has 72 valence electrons. The lowest BCUT2D eigenvalue weighted by Gasteiger charge is -2.13. The second-order valence-corrected chi connectivity index (χ2v) is 3.54. The topological polar surface area (TPSA) is 56.2 Å². The van der Waals surface area contributed by atoms with E-state index in [1.165, 1.54) is 0 Å². The Morgan fingerprint density at radius 2 is 2.31 bits per heavy atom. The molecular weight excluding hydrogens is 166 g/mol. The van der Waals surface area contributed by atoms with E-state index >= 15 is 0 Å². The molecule has 0 saturated carbocycles. The zero-order valence-corrected chi connectivity index (χ0v) is 7.99. The van der Waals surface area contributed by atoms with Gasteiger partial charge in [0.1, 0.15) is 0 Å². The molecule has 0 spiro atoms. The zero-order chi connectivity index (χ0) is 9.84. The SMILES string of the molecule is CC(C)C(N)C(=O)Cc1ccoc1. The van der Waals surface area contributed by atoms with Crippen LogP contribution in [-0.2, 0) is 11.2 Å². The van der Waals surface area contributed by atoms with Crippen LogP contribution in [0.5, 0.6) is 0 Å². The van der Waals surface area contributed by atoms with Crippen molar-refractivity contribution in [3.05, 3.63) is 24.2 Å². The summed E-state index contributed by atoms with van der Waals surface area (Å²) in [5, 5.41) is 0. The van der Waals surface area contributed by atoms with Gasteiger partial charge in [-0.3, -0.25) is 4.79 Å². The highest BCUT2D eigenvalue weighted by molar-refractivity contribution is 5.85. The first kappa shape index (κ1) is 9.99. The molecule has 13 heavy (non-hydrogen) atoms. The van der Waals surface area contributed by atoms with Crippen molar-refractivity contribution in [3.8, 4) is 0 Å². The zero-order valence-electron chi connectivity index (χ0n) is 7.99. The van der Waals surface area contributed by atoms with Gasteiger partial charge < -0.3 is 10.2 Å². The Balaban J connectivity index is 2.51. The third-order valence-electron chi connectivity index (χ3n) is 2.05. The summed E-state index contributed by atoms with van der Waals surface area (Å²) >= 11 is 0. The predicted octanol–water partition coefficient (Wildman–Crippen LogP) is 1.37. The standard InChI is InChI=1S/C10H15NO2/c1-7(2)10(11)9(12)5-8-3-4-13-6-8/h3-4,6-7,10H,5,11H2,1-2H3. The molecule has 1 aromatic rings. The molecule has 3 nitrogen and oxygen atoms in total. The number of hydrogen-bond acceptors (Lipinski definition) is 3. The molecular formula is C10H15NO2. The van der Waals surface area contributed by atoms with Gasteiger partial charge >= 0.3 is 0 Å². The van der Waals surface area contributed by atoms with Gasteiger partial charge in [0.25, 0.3) is 0 Å². The molecule has 0 fully saturated rings. The Hall–Kier alpha value is -1.09. The molecule has 0 aromatic carbocycles. The van der Waals surface area contributed by atoms with Crippen molar-refractivity contribution >= 4 is 5.78 Å². The largest absolute Gasteiger partial charge is 0.472 e. The molecule has 2 N–H and O–H groups in total. The van der Waals surface area contributed by atoms with Crippen molar-refractivity contribution in [1.29, 1.82) is 0 Å². The molecule has 1 heterocycles. The van der Waals surface area contributed by atoms with Gasteiger partial charge in [-0.25, -0.2) is 0 Å². The van der Waals surface area contributed by atoms with E-state index < -0.39 is 0 Å². The summed E-state index contributed by atoms with van der Waals surface area (Å²) in [6.07, 6.45) is 3.50. The maximum absolute atomic E-state index is 11.5. The third kappa shape index (κ3) is 2.70. The van der Waals surface area contributed by atoms with Gasteiger partial charge in [0.2, 0.25) is 0 Å². The van der Waals surface area contributed by atoms with Crippen molar-refractivity contribution in [2.24, 2.45) is 11.7 Å². The van der Waals surface area contributed by atoms with E-state index in [0.29, 0.717) is 6.42 Å². The summed E-state index contributed by atoms with van der Waals surface area (Å²) in [6.45, 7) is 3.88. The van der Waals surface area contributed by atoms with Crippen molar-refractivity contribution in [2.75, 3.05) is 0 Å². The van der Waals surface area contributed by atoms with Crippen LogP contribution >= 0.6 is 0 Å². The first-order valence-corrected chi connectivity index (χ1v) is 4.40. The fraction of sp³-hybridized carbons (Fsp3) is 0.500. The molecule has 1 unspecified atom stereocenters. The molecule has 1 rings (SSSR count). The molecule has 1 atom stereocenters. The number of carbonyl (C=O) groups excluding carboxylic acids is 1. The number of nitrogens with two attached hydrogens (primary N) is 1. The van der Waals surface area contributed by atoms with E-state index in [0.717, 1.165) is 5.56 Å². The van der Waals surface area contributed by atoms with E-state index in [1.54, 1.807) is 18.6 Å². The van der Waals surface area contributed by atoms with E-state index in [9.17, 15) is 4.79 Å². The highest BCUT2D eigenvalue weighted by Crippen LogP contribution is 2.06. The number of carbonyl (C=O) groups is 1.